The maximum atomic E-state index is 13.0. The van der Waals surface area contributed by atoms with Gasteiger partial charge in [-0.25, -0.2) is 18.4 Å². The quantitative estimate of drug-likeness (QED) is 0.272. The van der Waals surface area contributed by atoms with Crippen molar-refractivity contribution in [1.82, 2.24) is 9.97 Å². The molecule has 190 valence electrons. The highest BCUT2D eigenvalue weighted by Gasteiger charge is 2.17. The highest BCUT2D eigenvalue weighted by molar-refractivity contribution is 9.10. The molecule has 9 nitrogen and oxygen atoms in total. The van der Waals surface area contributed by atoms with E-state index in [9.17, 15) is 13.2 Å². The maximum Gasteiger partial charge on any atom is 0.263 e. The van der Waals surface area contributed by atoms with Gasteiger partial charge in [-0.2, -0.15) is 0 Å². The smallest absolute Gasteiger partial charge is 0.263 e. The van der Waals surface area contributed by atoms with Gasteiger partial charge in [0.25, 0.3) is 15.9 Å². The molecule has 0 bridgehead atoms. The lowest BCUT2D eigenvalue weighted by Crippen LogP contribution is -2.16. The predicted molar refractivity (Wildman–Crippen MR) is 144 cm³/mol. The van der Waals surface area contributed by atoms with Gasteiger partial charge in [-0.3, -0.25) is 9.52 Å². The zero-order chi connectivity index (χ0) is 26.3. The number of aromatic nitrogens is 2. The Kier molecular flexibility index (Phi) is 8.36. The Morgan fingerprint density at radius 1 is 0.973 bits per heavy atom. The van der Waals surface area contributed by atoms with Crippen LogP contribution in [0.3, 0.4) is 0 Å². The van der Waals surface area contributed by atoms with Gasteiger partial charge in [0.2, 0.25) is 5.88 Å². The molecule has 0 unspecified atom stereocenters. The van der Waals surface area contributed by atoms with E-state index >= 15 is 0 Å². The number of benzene rings is 3. The molecule has 1 aromatic heterocycles. The van der Waals surface area contributed by atoms with Crippen molar-refractivity contribution >= 4 is 43.4 Å². The van der Waals surface area contributed by atoms with Gasteiger partial charge < -0.3 is 14.8 Å². The Hall–Kier alpha value is -3.96. The molecule has 0 spiro atoms. The van der Waals surface area contributed by atoms with Gasteiger partial charge in [-0.1, -0.05) is 46.3 Å². The summed E-state index contributed by atoms with van der Waals surface area (Å²) >= 11 is 3.40. The second-order valence-electron chi connectivity index (χ2n) is 7.75. The summed E-state index contributed by atoms with van der Waals surface area (Å²) in [5.41, 5.74) is 1.90. The van der Waals surface area contributed by atoms with Crippen LogP contribution >= 0.6 is 15.9 Å². The first-order chi connectivity index (χ1) is 17.8. The molecular formula is C26H23BrN4O5S. The summed E-state index contributed by atoms with van der Waals surface area (Å²) in [5.74, 6) is 0.346. The monoisotopic (exact) mass is 582 g/mol. The van der Waals surface area contributed by atoms with Crippen LogP contribution in [0.15, 0.2) is 94.6 Å². The highest BCUT2D eigenvalue weighted by atomic mass is 79.9. The number of nitrogens with one attached hydrogen (secondary N) is 2. The van der Waals surface area contributed by atoms with Crippen molar-refractivity contribution in [2.45, 2.75) is 11.3 Å². The van der Waals surface area contributed by atoms with E-state index in [4.69, 9.17) is 9.47 Å². The molecule has 1 heterocycles. The molecule has 0 aliphatic heterocycles. The van der Waals surface area contributed by atoms with Crippen molar-refractivity contribution in [2.75, 3.05) is 23.8 Å². The second kappa shape index (κ2) is 11.8. The summed E-state index contributed by atoms with van der Waals surface area (Å²) in [6.07, 6.45) is 1.89. The fourth-order valence-electron chi connectivity index (χ4n) is 3.35. The SMILES string of the molecule is COc1cc(NS(=O)(=O)c2ccc(NC(=O)c3cc(Br)ccc3OCCc3ccccc3)cc2)ncn1. The standard InChI is InChI=1S/C26H23BrN4O5S/c1-35-25-16-24(28-17-29-25)31-37(33,34)21-10-8-20(9-11-21)30-26(32)22-15-19(27)7-12-23(22)36-14-13-18-5-3-2-4-6-18/h2-12,15-17H,13-14H2,1H3,(H,30,32)(H,28,29,31). The zero-order valence-electron chi connectivity index (χ0n) is 19.7. The van der Waals surface area contributed by atoms with E-state index in [-0.39, 0.29) is 16.6 Å². The minimum absolute atomic E-state index is 0.00420. The van der Waals surface area contributed by atoms with Crippen molar-refractivity contribution in [3.05, 3.63) is 101 Å². The molecule has 2 N–H and O–H groups in total. The molecule has 0 atom stereocenters. The molecule has 1 amide bonds. The minimum Gasteiger partial charge on any atom is -0.492 e. The molecule has 11 heteroatoms. The lowest BCUT2D eigenvalue weighted by molar-refractivity contribution is 0.102. The van der Waals surface area contributed by atoms with Gasteiger partial charge in [-0.15, -0.1) is 0 Å². The molecule has 37 heavy (non-hydrogen) atoms. The fourth-order valence-corrected chi connectivity index (χ4v) is 4.71. The molecular weight excluding hydrogens is 560 g/mol. The van der Waals surface area contributed by atoms with Crippen molar-refractivity contribution < 1.29 is 22.7 Å². The van der Waals surface area contributed by atoms with Crippen LogP contribution in [0.1, 0.15) is 15.9 Å². The number of carbonyl (C=O) groups excluding carboxylic acids is 1. The van der Waals surface area contributed by atoms with E-state index in [0.29, 0.717) is 30.0 Å². The number of amides is 1. The average Bonchev–Trinajstić information content (AvgIpc) is 2.90. The predicted octanol–water partition coefficient (Wildman–Crippen LogP) is 4.92. The third-order valence-corrected chi connectivity index (χ3v) is 7.05. The Balaban J connectivity index is 1.43. The largest absolute Gasteiger partial charge is 0.492 e. The summed E-state index contributed by atoms with van der Waals surface area (Å²) in [6.45, 7) is 0.406. The van der Waals surface area contributed by atoms with Crippen LogP contribution in [0.4, 0.5) is 11.5 Å². The normalized spacial score (nSPS) is 11.0. The molecule has 3 aromatic carbocycles. The average molecular weight is 583 g/mol. The van der Waals surface area contributed by atoms with Crippen LogP contribution in [-0.4, -0.2) is 38.0 Å². The molecule has 0 saturated carbocycles. The first-order valence-corrected chi connectivity index (χ1v) is 13.4. The van der Waals surface area contributed by atoms with E-state index < -0.39 is 15.9 Å². The van der Waals surface area contributed by atoms with Gasteiger partial charge in [0, 0.05) is 22.6 Å². The van der Waals surface area contributed by atoms with Crippen molar-refractivity contribution in [3.8, 4) is 11.6 Å². The van der Waals surface area contributed by atoms with E-state index in [1.165, 1.54) is 43.8 Å². The number of hydrogen-bond donors (Lipinski definition) is 2. The van der Waals surface area contributed by atoms with Crippen LogP contribution in [0.5, 0.6) is 11.6 Å². The van der Waals surface area contributed by atoms with Crippen LogP contribution in [0.2, 0.25) is 0 Å². The minimum atomic E-state index is -3.92. The number of nitrogens with zero attached hydrogens (tertiary/aromatic N) is 2. The van der Waals surface area contributed by atoms with Crippen LogP contribution in [0, 0.1) is 0 Å². The number of halogens is 1. The van der Waals surface area contributed by atoms with E-state index in [1.54, 1.807) is 18.2 Å². The number of carbonyl (C=O) groups is 1. The Labute approximate surface area is 223 Å². The summed E-state index contributed by atoms with van der Waals surface area (Å²) in [4.78, 5) is 20.8. The summed E-state index contributed by atoms with van der Waals surface area (Å²) < 4.78 is 39.4. The summed E-state index contributed by atoms with van der Waals surface area (Å²) in [6, 6.07) is 22.3. The van der Waals surface area contributed by atoms with Gasteiger partial charge in [0.05, 0.1) is 24.2 Å². The molecule has 0 fully saturated rings. The summed E-state index contributed by atoms with van der Waals surface area (Å²) in [7, 11) is -2.50. The topological polar surface area (TPSA) is 120 Å². The molecule has 4 rings (SSSR count). The number of sulfonamides is 1. The first-order valence-electron chi connectivity index (χ1n) is 11.1. The molecule has 4 aromatic rings. The lowest BCUT2D eigenvalue weighted by Gasteiger charge is -2.13. The Morgan fingerprint density at radius 3 is 2.46 bits per heavy atom. The number of methoxy groups -OCH3 is 1. The highest BCUT2D eigenvalue weighted by Crippen LogP contribution is 2.25. The third kappa shape index (κ3) is 7.05. The van der Waals surface area contributed by atoms with E-state index in [2.05, 4.69) is 35.9 Å². The van der Waals surface area contributed by atoms with Gasteiger partial charge >= 0.3 is 0 Å². The van der Waals surface area contributed by atoms with Crippen molar-refractivity contribution in [3.63, 3.8) is 0 Å². The van der Waals surface area contributed by atoms with Crippen LogP contribution < -0.4 is 19.5 Å². The summed E-state index contributed by atoms with van der Waals surface area (Å²) in [5, 5.41) is 2.79. The number of ether oxygens (including phenoxy) is 2. The third-order valence-electron chi connectivity index (χ3n) is 5.19. The lowest BCUT2D eigenvalue weighted by atomic mass is 10.1. The van der Waals surface area contributed by atoms with Crippen molar-refractivity contribution in [1.29, 1.82) is 0 Å². The fraction of sp³-hybridized carbons (Fsp3) is 0.115. The molecule has 0 aliphatic carbocycles. The van der Waals surface area contributed by atoms with Gasteiger partial charge in [0.1, 0.15) is 17.9 Å². The Morgan fingerprint density at radius 2 is 1.73 bits per heavy atom. The van der Waals surface area contributed by atoms with Crippen LogP contribution in [0.25, 0.3) is 0 Å². The van der Waals surface area contributed by atoms with E-state index in [0.717, 1.165) is 10.0 Å². The first kappa shape index (κ1) is 26.1. The Bertz CT molecular complexity index is 1480. The van der Waals surface area contributed by atoms with E-state index in [1.807, 2.05) is 30.3 Å². The molecule has 0 saturated heterocycles. The molecule has 0 radical (unpaired) electrons. The van der Waals surface area contributed by atoms with Gasteiger partial charge in [0.15, 0.2) is 0 Å². The second-order valence-corrected chi connectivity index (χ2v) is 10.4. The zero-order valence-corrected chi connectivity index (χ0v) is 22.1. The number of hydrogen-bond acceptors (Lipinski definition) is 7. The van der Waals surface area contributed by atoms with Crippen LogP contribution in [-0.2, 0) is 16.4 Å². The van der Waals surface area contributed by atoms with Crippen molar-refractivity contribution in [2.24, 2.45) is 0 Å². The number of anilines is 2. The number of rotatable bonds is 10. The van der Waals surface area contributed by atoms with Gasteiger partial charge in [-0.05, 0) is 48.0 Å². The molecule has 0 aliphatic rings. The maximum absolute atomic E-state index is 13.0.